The lowest BCUT2D eigenvalue weighted by molar-refractivity contribution is 0.411. The van der Waals surface area contributed by atoms with Gasteiger partial charge in [-0.3, -0.25) is 0 Å². The fraction of sp³-hybridized carbons (Fsp3) is 0.300. The van der Waals surface area contributed by atoms with Crippen molar-refractivity contribution < 1.29 is 4.74 Å². The number of fused-ring (bicyclic) bond motifs is 1. The third-order valence-electron chi connectivity index (χ3n) is 2.39. The summed E-state index contributed by atoms with van der Waals surface area (Å²) in [5, 5.41) is 0. The summed E-state index contributed by atoms with van der Waals surface area (Å²) in [7, 11) is 3.69. The lowest BCUT2D eigenvalue weighted by atomic mass is 10.1. The monoisotopic (exact) mass is 193 g/mol. The Morgan fingerprint density at radius 3 is 2.92 bits per heavy atom. The maximum Gasteiger partial charge on any atom is 0.124 e. The van der Waals surface area contributed by atoms with Crippen molar-refractivity contribution in [2.45, 2.75) is 6.42 Å². The van der Waals surface area contributed by atoms with E-state index in [1.807, 2.05) is 24.1 Å². The van der Waals surface area contributed by atoms with Gasteiger partial charge < -0.3 is 9.64 Å². The van der Waals surface area contributed by atoms with Crippen molar-refractivity contribution in [1.82, 2.24) is 0 Å². The zero-order valence-electron chi connectivity index (χ0n) is 7.70. The summed E-state index contributed by atoms with van der Waals surface area (Å²) in [4.78, 5) is 2.99. The van der Waals surface area contributed by atoms with Gasteiger partial charge in [0.25, 0.3) is 0 Å². The van der Waals surface area contributed by atoms with Crippen molar-refractivity contribution in [2.75, 3.05) is 19.1 Å². The van der Waals surface area contributed by atoms with Gasteiger partial charge in [0.1, 0.15) is 5.75 Å². The van der Waals surface area contributed by atoms with Gasteiger partial charge in [-0.2, -0.15) is 0 Å². The second kappa shape index (κ2) is 3.00. The molecule has 0 unspecified atom stereocenters. The lowest BCUT2D eigenvalue weighted by Crippen LogP contribution is -2.18. The first-order valence-electron chi connectivity index (χ1n) is 4.16. The van der Waals surface area contributed by atoms with Gasteiger partial charge in [0.15, 0.2) is 0 Å². The number of anilines is 1. The van der Waals surface area contributed by atoms with Gasteiger partial charge in [-0.1, -0.05) is 18.3 Å². The van der Waals surface area contributed by atoms with Crippen LogP contribution in [0.25, 0.3) is 0 Å². The predicted molar refractivity (Wildman–Crippen MR) is 57.7 cm³/mol. The van der Waals surface area contributed by atoms with Crippen molar-refractivity contribution in [3.05, 3.63) is 23.8 Å². The lowest BCUT2D eigenvalue weighted by Gasteiger charge is -2.12. The van der Waals surface area contributed by atoms with Crippen LogP contribution >= 0.6 is 12.2 Å². The molecule has 0 saturated heterocycles. The van der Waals surface area contributed by atoms with Crippen LogP contribution in [0.3, 0.4) is 0 Å². The number of nitrogens with zero attached hydrogens (tertiary/aromatic N) is 1. The highest BCUT2D eigenvalue weighted by atomic mass is 32.1. The zero-order chi connectivity index (χ0) is 9.42. The van der Waals surface area contributed by atoms with Crippen LogP contribution in [0, 0.1) is 0 Å². The minimum atomic E-state index is 0.825. The van der Waals surface area contributed by atoms with E-state index in [0.717, 1.165) is 17.2 Å². The first-order chi connectivity index (χ1) is 6.24. The Balaban J connectivity index is 2.55. The van der Waals surface area contributed by atoms with Gasteiger partial charge in [-0.25, -0.2) is 0 Å². The largest absolute Gasteiger partial charge is 0.496 e. The summed E-state index contributed by atoms with van der Waals surface area (Å²) >= 11 is 5.22. The van der Waals surface area contributed by atoms with Crippen molar-refractivity contribution in [2.24, 2.45) is 0 Å². The van der Waals surface area contributed by atoms with E-state index in [0.29, 0.717) is 0 Å². The Morgan fingerprint density at radius 2 is 2.23 bits per heavy atom. The molecule has 1 aromatic rings. The fourth-order valence-electron chi connectivity index (χ4n) is 1.64. The summed E-state index contributed by atoms with van der Waals surface area (Å²) in [5.74, 6) is 0.934. The molecule has 0 N–H and O–H groups in total. The summed E-state index contributed by atoms with van der Waals surface area (Å²) in [5.41, 5.74) is 2.38. The molecule has 1 aliphatic rings. The summed E-state index contributed by atoms with van der Waals surface area (Å²) in [6.07, 6.45) is 0.825. The molecule has 1 heterocycles. The van der Waals surface area contributed by atoms with Gasteiger partial charge in [-0.05, 0) is 12.1 Å². The molecule has 1 aliphatic heterocycles. The van der Waals surface area contributed by atoms with Crippen molar-refractivity contribution in [3.63, 3.8) is 0 Å². The molecule has 2 rings (SSSR count). The summed E-state index contributed by atoms with van der Waals surface area (Å²) in [6.45, 7) is 0. The first-order valence-corrected chi connectivity index (χ1v) is 4.57. The van der Waals surface area contributed by atoms with Crippen LogP contribution in [-0.2, 0) is 6.42 Å². The Labute approximate surface area is 83.1 Å². The van der Waals surface area contributed by atoms with Gasteiger partial charge in [0, 0.05) is 24.7 Å². The van der Waals surface area contributed by atoms with Crippen LogP contribution in [0.4, 0.5) is 5.69 Å². The van der Waals surface area contributed by atoms with Gasteiger partial charge in [-0.15, -0.1) is 0 Å². The molecule has 1 aromatic carbocycles. The molecule has 0 saturated carbocycles. The molecule has 0 aliphatic carbocycles. The van der Waals surface area contributed by atoms with Crippen LogP contribution in [0.1, 0.15) is 5.56 Å². The highest BCUT2D eigenvalue weighted by molar-refractivity contribution is 7.80. The highest BCUT2D eigenvalue weighted by Gasteiger charge is 2.23. The maximum absolute atomic E-state index is 5.27. The second-order valence-corrected chi connectivity index (χ2v) is 3.56. The van der Waals surface area contributed by atoms with Crippen LogP contribution in [0.15, 0.2) is 18.2 Å². The maximum atomic E-state index is 5.27. The molecular formula is C10H11NOS. The molecule has 0 amide bonds. The number of rotatable bonds is 1. The average molecular weight is 193 g/mol. The fourth-order valence-corrected chi connectivity index (χ4v) is 1.88. The number of benzene rings is 1. The van der Waals surface area contributed by atoms with Crippen LogP contribution in [0.5, 0.6) is 5.75 Å². The van der Waals surface area contributed by atoms with E-state index in [9.17, 15) is 0 Å². The van der Waals surface area contributed by atoms with E-state index in [2.05, 4.69) is 6.07 Å². The molecule has 0 atom stereocenters. The molecule has 3 heteroatoms. The quantitative estimate of drug-likeness (QED) is 0.633. The molecule has 0 spiro atoms. The van der Waals surface area contributed by atoms with Crippen molar-refractivity contribution in [1.29, 1.82) is 0 Å². The number of ether oxygens (including phenoxy) is 1. The van der Waals surface area contributed by atoms with E-state index < -0.39 is 0 Å². The SMILES string of the molecule is COc1cccc2c1CC(=S)N2C. The molecule has 13 heavy (non-hydrogen) atoms. The van der Waals surface area contributed by atoms with E-state index in [4.69, 9.17) is 17.0 Å². The number of hydrogen-bond acceptors (Lipinski definition) is 2. The number of likely N-dealkylation sites (N-methyl/N-ethyl adjacent to an activating group) is 1. The first kappa shape index (κ1) is 8.51. The molecule has 0 aromatic heterocycles. The third-order valence-corrected chi connectivity index (χ3v) is 2.81. The molecular weight excluding hydrogens is 182 g/mol. The molecule has 0 bridgehead atoms. The minimum absolute atomic E-state index is 0.825. The smallest absolute Gasteiger partial charge is 0.124 e. The van der Waals surface area contributed by atoms with Gasteiger partial charge >= 0.3 is 0 Å². The van der Waals surface area contributed by atoms with Crippen LogP contribution < -0.4 is 9.64 Å². The topological polar surface area (TPSA) is 12.5 Å². The average Bonchev–Trinajstić information content (AvgIpc) is 2.43. The normalized spacial score (nSPS) is 14.6. The Kier molecular flexibility index (Phi) is 1.96. The second-order valence-electron chi connectivity index (χ2n) is 3.09. The number of thiocarbonyl (C=S) groups is 1. The van der Waals surface area contributed by atoms with Crippen LogP contribution in [0.2, 0.25) is 0 Å². The summed E-state index contributed by atoms with van der Waals surface area (Å²) in [6, 6.07) is 6.03. The standard InChI is InChI=1S/C10H11NOS/c1-11-8-4-3-5-9(12-2)7(8)6-10(11)13/h3-5H,6H2,1-2H3. The van der Waals surface area contributed by atoms with Gasteiger partial charge in [0.05, 0.1) is 12.1 Å². The van der Waals surface area contributed by atoms with Crippen molar-refractivity contribution in [3.8, 4) is 5.75 Å². The number of hydrogen-bond donors (Lipinski definition) is 0. The predicted octanol–water partition coefficient (Wildman–Crippen LogP) is 2.01. The Hall–Kier alpha value is -1.09. The van der Waals surface area contributed by atoms with E-state index in [1.165, 1.54) is 11.3 Å². The summed E-state index contributed by atoms with van der Waals surface area (Å²) < 4.78 is 5.27. The Morgan fingerprint density at radius 1 is 1.46 bits per heavy atom. The zero-order valence-corrected chi connectivity index (χ0v) is 8.52. The van der Waals surface area contributed by atoms with Crippen LogP contribution in [-0.4, -0.2) is 19.1 Å². The molecule has 68 valence electrons. The van der Waals surface area contributed by atoms with Crippen molar-refractivity contribution >= 4 is 22.9 Å². The van der Waals surface area contributed by atoms with E-state index in [1.54, 1.807) is 7.11 Å². The molecule has 2 nitrogen and oxygen atoms in total. The Bertz CT molecular complexity index is 362. The number of methoxy groups -OCH3 is 1. The van der Waals surface area contributed by atoms with Gasteiger partial charge in [0.2, 0.25) is 0 Å². The van der Waals surface area contributed by atoms with E-state index >= 15 is 0 Å². The minimum Gasteiger partial charge on any atom is -0.496 e. The third kappa shape index (κ3) is 1.20. The molecule has 0 radical (unpaired) electrons. The van der Waals surface area contributed by atoms with E-state index in [-0.39, 0.29) is 0 Å². The highest BCUT2D eigenvalue weighted by Crippen LogP contribution is 2.34. The molecule has 0 fully saturated rings.